The molecule has 0 bridgehead atoms. The van der Waals surface area contributed by atoms with Crippen LogP contribution < -0.4 is 10.1 Å². The average Bonchev–Trinajstić information content (AvgIpc) is 3.26. The van der Waals surface area contributed by atoms with Gasteiger partial charge >= 0.3 is 5.97 Å². The lowest BCUT2D eigenvalue weighted by Gasteiger charge is -2.18. The van der Waals surface area contributed by atoms with Crippen LogP contribution in [0.3, 0.4) is 0 Å². The van der Waals surface area contributed by atoms with Crippen molar-refractivity contribution in [1.29, 1.82) is 0 Å². The summed E-state index contributed by atoms with van der Waals surface area (Å²) < 4.78 is 29.3. The number of aryl methyl sites for hydroxylation is 1. The van der Waals surface area contributed by atoms with Gasteiger partial charge in [0.05, 0.1) is 38.4 Å². The van der Waals surface area contributed by atoms with E-state index in [1.54, 1.807) is 49.6 Å². The Morgan fingerprint density at radius 1 is 1.13 bits per heavy atom. The largest absolute Gasteiger partial charge is 0.497 e. The molecular formula is C23H23FN2O5. The highest BCUT2D eigenvalue weighted by Crippen LogP contribution is 2.24. The molecule has 0 saturated heterocycles. The van der Waals surface area contributed by atoms with E-state index in [4.69, 9.17) is 13.9 Å². The average molecular weight is 426 g/mol. The molecule has 0 aliphatic rings. The fourth-order valence-corrected chi connectivity index (χ4v) is 3.04. The number of ether oxygens (including phenoxy) is 2. The Labute approximate surface area is 179 Å². The summed E-state index contributed by atoms with van der Waals surface area (Å²) in [6, 6.07) is 12.7. The molecule has 162 valence electrons. The van der Waals surface area contributed by atoms with Gasteiger partial charge in [0.2, 0.25) is 5.91 Å². The van der Waals surface area contributed by atoms with Crippen molar-refractivity contribution in [3.8, 4) is 17.1 Å². The molecule has 1 aromatic heterocycles. The fraction of sp³-hybridized carbons (Fsp3) is 0.261. The standard InChI is InChI=1S/C23H23FN2O5/c1-29-16-9-7-15(8-10-16)19(13-23(28)30-2)26-21(27)11-12-22-25-14-20(31-22)17-5-3-4-6-18(17)24/h3-10,14,19H,11-13H2,1-2H3,(H,26,27). The summed E-state index contributed by atoms with van der Waals surface area (Å²) in [5.74, 6) is 0.158. The van der Waals surface area contributed by atoms with E-state index < -0.39 is 17.8 Å². The Hall–Kier alpha value is -3.68. The molecule has 0 saturated carbocycles. The van der Waals surface area contributed by atoms with Gasteiger partial charge in [0.1, 0.15) is 11.6 Å². The number of methoxy groups -OCH3 is 2. The van der Waals surface area contributed by atoms with Crippen LogP contribution in [0.25, 0.3) is 11.3 Å². The second-order valence-corrected chi connectivity index (χ2v) is 6.77. The second kappa shape index (κ2) is 10.4. The molecule has 3 aromatic rings. The zero-order valence-corrected chi connectivity index (χ0v) is 17.3. The SMILES string of the molecule is COC(=O)CC(NC(=O)CCc1ncc(-c2ccccc2F)o1)c1ccc(OC)cc1. The van der Waals surface area contributed by atoms with Gasteiger partial charge in [-0.15, -0.1) is 0 Å². The van der Waals surface area contributed by atoms with E-state index in [0.29, 0.717) is 23.0 Å². The molecule has 0 aliphatic heterocycles. The molecule has 0 radical (unpaired) electrons. The summed E-state index contributed by atoms with van der Waals surface area (Å²) >= 11 is 0. The summed E-state index contributed by atoms with van der Waals surface area (Å²) in [5, 5.41) is 2.84. The van der Waals surface area contributed by atoms with Crippen molar-refractivity contribution in [3.63, 3.8) is 0 Å². The minimum Gasteiger partial charge on any atom is -0.497 e. The first-order chi connectivity index (χ1) is 15.0. The lowest BCUT2D eigenvalue weighted by Crippen LogP contribution is -2.30. The van der Waals surface area contributed by atoms with Crippen LogP contribution in [0.2, 0.25) is 0 Å². The van der Waals surface area contributed by atoms with Crippen molar-refractivity contribution >= 4 is 11.9 Å². The van der Waals surface area contributed by atoms with Crippen molar-refractivity contribution in [2.24, 2.45) is 0 Å². The highest BCUT2D eigenvalue weighted by Gasteiger charge is 2.20. The normalized spacial score (nSPS) is 11.6. The van der Waals surface area contributed by atoms with Crippen molar-refractivity contribution in [2.45, 2.75) is 25.3 Å². The molecular weight excluding hydrogens is 403 g/mol. The molecule has 1 heterocycles. The fourth-order valence-electron chi connectivity index (χ4n) is 3.04. The number of oxazole rings is 1. The number of amides is 1. The molecule has 8 heteroatoms. The zero-order chi connectivity index (χ0) is 22.2. The van der Waals surface area contributed by atoms with Gasteiger partial charge in [0.15, 0.2) is 11.7 Å². The highest BCUT2D eigenvalue weighted by molar-refractivity contribution is 5.78. The Morgan fingerprint density at radius 3 is 2.55 bits per heavy atom. The molecule has 1 unspecified atom stereocenters. The number of carbonyl (C=O) groups excluding carboxylic acids is 2. The molecule has 7 nitrogen and oxygen atoms in total. The van der Waals surface area contributed by atoms with Gasteiger partial charge < -0.3 is 19.2 Å². The number of esters is 1. The van der Waals surface area contributed by atoms with Crippen molar-refractivity contribution < 1.29 is 27.9 Å². The Morgan fingerprint density at radius 2 is 1.87 bits per heavy atom. The number of aromatic nitrogens is 1. The lowest BCUT2D eigenvalue weighted by atomic mass is 10.0. The number of hydrogen-bond donors (Lipinski definition) is 1. The van der Waals surface area contributed by atoms with E-state index in [0.717, 1.165) is 5.56 Å². The third kappa shape index (κ3) is 5.91. The number of hydrogen-bond acceptors (Lipinski definition) is 6. The van der Waals surface area contributed by atoms with Crippen LogP contribution >= 0.6 is 0 Å². The third-order valence-electron chi connectivity index (χ3n) is 4.71. The molecule has 0 fully saturated rings. The quantitative estimate of drug-likeness (QED) is 0.523. The predicted molar refractivity (Wildman–Crippen MR) is 111 cm³/mol. The summed E-state index contributed by atoms with van der Waals surface area (Å²) in [6.07, 6.45) is 1.74. The minimum atomic E-state index is -0.551. The van der Waals surface area contributed by atoms with Crippen LogP contribution in [0, 0.1) is 5.82 Å². The summed E-state index contributed by atoms with van der Waals surface area (Å²) in [4.78, 5) is 28.4. The van der Waals surface area contributed by atoms with Crippen molar-refractivity contribution in [2.75, 3.05) is 14.2 Å². The topological polar surface area (TPSA) is 90.7 Å². The van der Waals surface area contributed by atoms with E-state index in [-0.39, 0.29) is 25.2 Å². The number of rotatable bonds is 9. The van der Waals surface area contributed by atoms with Crippen LogP contribution in [0.5, 0.6) is 5.75 Å². The highest BCUT2D eigenvalue weighted by atomic mass is 19.1. The van der Waals surface area contributed by atoms with E-state index in [1.807, 2.05) is 0 Å². The van der Waals surface area contributed by atoms with Gasteiger partial charge in [-0.1, -0.05) is 24.3 Å². The number of nitrogens with one attached hydrogen (secondary N) is 1. The van der Waals surface area contributed by atoms with Crippen LogP contribution in [0.4, 0.5) is 4.39 Å². The monoisotopic (exact) mass is 426 g/mol. The van der Waals surface area contributed by atoms with Crippen molar-refractivity contribution in [1.82, 2.24) is 10.3 Å². The first-order valence-corrected chi connectivity index (χ1v) is 9.70. The van der Waals surface area contributed by atoms with E-state index in [2.05, 4.69) is 10.3 Å². The maximum Gasteiger partial charge on any atom is 0.307 e. The van der Waals surface area contributed by atoms with Gasteiger partial charge in [0, 0.05) is 12.8 Å². The zero-order valence-electron chi connectivity index (χ0n) is 17.3. The van der Waals surface area contributed by atoms with E-state index in [9.17, 15) is 14.0 Å². The smallest absolute Gasteiger partial charge is 0.307 e. The van der Waals surface area contributed by atoms with E-state index in [1.165, 1.54) is 19.4 Å². The van der Waals surface area contributed by atoms with Gasteiger partial charge in [-0.25, -0.2) is 9.37 Å². The molecule has 1 N–H and O–H groups in total. The summed E-state index contributed by atoms with van der Waals surface area (Å²) in [6.45, 7) is 0. The first kappa shape index (κ1) is 22.0. The Balaban J connectivity index is 1.63. The molecule has 2 aromatic carbocycles. The van der Waals surface area contributed by atoms with Gasteiger partial charge in [0.25, 0.3) is 0 Å². The van der Waals surface area contributed by atoms with Gasteiger partial charge in [-0.05, 0) is 29.8 Å². The summed E-state index contributed by atoms with van der Waals surface area (Å²) in [7, 11) is 2.86. The maximum absolute atomic E-state index is 13.9. The van der Waals surface area contributed by atoms with Gasteiger partial charge in [-0.3, -0.25) is 9.59 Å². The predicted octanol–water partition coefficient (Wildman–Crippen LogP) is 3.84. The molecule has 0 spiro atoms. The van der Waals surface area contributed by atoms with Crippen molar-refractivity contribution in [3.05, 3.63) is 72.0 Å². The Kier molecular flexibility index (Phi) is 7.37. The molecule has 3 rings (SSSR count). The molecule has 1 amide bonds. The summed E-state index contributed by atoms with van der Waals surface area (Å²) in [5.41, 5.74) is 1.06. The number of benzene rings is 2. The van der Waals surface area contributed by atoms with Crippen LogP contribution in [0.15, 0.2) is 59.1 Å². The van der Waals surface area contributed by atoms with Crippen LogP contribution in [-0.2, 0) is 20.7 Å². The van der Waals surface area contributed by atoms with Crippen LogP contribution in [-0.4, -0.2) is 31.1 Å². The number of halogens is 1. The number of nitrogens with zero attached hydrogens (tertiary/aromatic N) is 1. The molecule has 0 aliphatic carbocycles. The lowest BCUT2D eigenvalue weighted by molar-refractivity contribution is -0.141. The van der Waals surface area contributed by atoms with Crippen LogP contribution in [0.1, 0.15) is 30.3 Å². The van der Waals surface area contributed by atoms with Gasteiger partial charge in [-0.2, -0.15) is 0 Å². The first-order valence-electron chi connectivity index (χ1n) is 9.70. The second-order valence-electron chi connectivity index (χ2n) is 6.77. The Bertz CT molecular complexity index is 1030. The minimum absolute atomic E-state index is 0.00893. The number of carbonyl (C=O) groups is 2. The molecule has 1 atom stereocenters. The van der Waals surface area contributed by atoms with E-state index >= 15 is 0 Å². The third-order valence-corrected chi connectivity index (χ3v) is 4.71. The molecule has 31 heavy (non-hydrogen) atoms. The maximum atomic E-state index is 13.9.